The van der Waals surface area contributed by atoms with Crippen molar-refractivity contribution in [2.45, 2.75) is 4.90 Å². The van der Waals surface area contributed by atoms with Gasteiger partial charge in [0, 0.05) is 16.8 Å². The number of sulfonamides is 1. The predicted molar refractivity (Wildman–Crippen MR) is 110 cm³/mol. The zero-order valence-corrected chi connectivity index (χ0v) is 16.5. The maximum Gasteiger partial charge on any atom is 0.271 e. The second-order valence-electron chi connectivity index (χ2n) is 5.62. The summed E-state index contributed by atoms with van der Waals surface area (Å²) >= 11 is 1.52. The number of carbonyl (C=O) groups excluding carboxylic acids is 1. The first-order valence-electron chi connectivity index (χ1n) is 8.10. The molecule has 0 fully saturated rings. The van der Waals surface area contributed by atoms with Crippen LogP contribution in [-0.4, -0.2) is 27.6 Å². The minimum atomic E-state index is -3.85. The van der Waals surface area contributed by atoms with Crippen molar-refractivity contribution >= 4 is 39.2 Å². The topological polar surface area (TPSA) is 96.9 Å². The number of benzene rings is 2. The highest BCUT2D eigenvalue weighted by molar-refractivity contribution is 7.92. The van der Waals surface area contributed by atoms with Crippen LogP contribution in [-0.2, 0) is 10.0 Å². The van der Waals surface area contributed by atoms with Crippen molar-refractivity contribution in [3.05, 3.63) is 76.5 Å². The number of nitrogens with zero attached hydrogens (tertiary/aromatic N) is 1. The minimum Gasteiger partial charge on any atom is -0.497 e. The Balaban J connectivity index is 1.72. The Kier molecular flexibility index (Phi) is 6.07. The highest BCUT2D eigenvalue weighted by Gasteiger charge is 2.16. The van der Waals surface area contributed by atoms with E-state index in [0.717, 1.165) is 5.56 Å². The second kappa shape index (κ2) is 8.68. The molecule has 3 aromatic rings. The number of rotatable bonds is 7. The van der Waals surface area contributed by atoms with Gasteiger partial charge in [-0.25, -0.2) is 13.8 Å². The van der Waals surface area contributed by atoms with Crippen molar-refractivity contribution < 1.29 is 17.9 Å². The van der Waals surface area contributed by atoms with Gasteiger partial charge in [-0.1, -0.05) is 6.07 Å². The number of hydrogen-bond acceptors (Lipinski definition) is 6. The van der Waals surface area contributed by atoms with Gasteiger partial charge in [0.15, 0.2) is 0 Å². The van der Waals surface area contributed by atoms with E-state index in [9.17, 15) is 13.2 Å². The maximum atomic E-state index is 12.6. The molecule has 1 aromatic heterocycles. The summed E-state index contributed by atoms with van der Waals surface area (Å²) in [7, 11) is -2.32. The van der Waals surface area contributed by atoms with E-state index in [-0.39, 0.29) is 10.5 Å². The van der Waals surface area contributed by atoms with Gasteiger partial charge in [-0.05, 0) is 59.3 Å². The summed E-state index contributed by atoms with van der Waals surface area (Å²) in [5.41, 5.74) is 3.82. The number of amides is 1. The molecule has 0 spiro atoms. The molecular weight excluding hydrogens is 398 g/mol. The molecule has 0 saturated heterocycles. The summed E-state index contributed by atoms with van der Waals surface area (Å²) in [6.07, 6.45) is 1.51. The van der Waals surface area contributed by atoms with Gasteiger partial charge in [-0.15, -0.1) is 0 Å². The number of ether oxygens (including phenoxy) is 1. The fourth-order valence-electron chi connectivity index (χ4n) is 2.26. The van der Waals surface area contributed by atoms with Crippen molar-refractivity contribution in [3.63, 3.8) is 0 Å². The molecule has 0 unspecified atom stereocenters. The van der Waals surface area contributed by atoms with Crippen LogP contribution >= 0.6 is 11.3 Å². The number of thiophene rings is 1. The molecule has 2 aromatic carbocycles. The van der Waals surface area contributed by atoms with Gasteiger partial charge in [0.05, 0.1) is 18.2 Å². The van der Waals surface area contributed by atoms with E-state index in [1.165, 1.54) is 48.9 Å². The van der Waals surface area contributed by atoms with Crippen LogP contribution in [0.2, 0.25) is 0 Å². The van der Waals surface area contributed by atoms with E-state index in [1.54, 1.807) is 24.3 Å². The average molecular weight is 415 g/mol. The molecule has 0 radical (unpaired) electrons. The Labute approximate surface area is 166 Å². The fraction of sp³-hybridized carbons (Fsp3) is 0.0526. The molecule has 0 aliphatic rings. The molecule has 0 aliphatic carbocycles. The van der Waals surface area contributed by atoms with Crippen LogP contribution in [0.25, 0.3) is 0 Å². The van der Waals surface area contributed by atoms with E-state index >= 15 is 0 Å². The van der Waals surface area contributed by atoms with Gasteiger partial charge in [-0.2, -0.15) is 16.4 Å². The summed E-state index contributed by atoms with van der Waals surface area (Å²) in [4.78, 5) is 12.2. The van der Waals surface area contributed by atoms with Crippen LogP contribution in [0.5, 0.6) is 5.75 Å². The Morgan fingerprint density at radius 1 is 1.14 bits per heavy atom. The fourth-order valence-corrected chi connectivity index (χ4v) is 3.97. The van der Waals surface area contributed by atoms with Crippen molar-refractivity contribution in [1.82, 2.24) is 5.43 Å². The molecule has 144 valence electrons. The lowest BCUT2D eigenvalue weighted by atomic mass is 10.2. The molecule has 28 heavy (non-hydrogen) atoms. The molecule has 1 heterocycles. The number of hydrazone groups is 1. The van der Waals surface area contributed by atoms with Crippen molar-refractivity contribution in [3.8, 4) is 5.75 Å². The molecule has 0 saturated carbocycles. The standard InChI is InChI=1S/C19H17N3O4S2/c1-26-17-7-5-16(6-8-17)22-28(24,25)18-4-2-3-15(11-18)19(23)21-20-12-14-9-10-27-13-14/h2-13,22H,1H3,(H,21,23)/b20-12+. The first-order valence-corrected chi connectivity index (χ1v) is 10.5. The molecule has 0 bridgehead atoms. The third kappa shape index (κ3) is 4.96. The van der Waals surface area contributed by atoms with Gasteiger partial charge in [0.1, 0.15) is 5.75 Å². The normalized spacial score (nSPS) is 11.3. The Hall–Kier alpha value is -3.17. The van der Waals surface area contributed by atoms with E-state index in [0.29, 0.717) is 11.4 Å². The van der Waals surface area contributed by atoms with Crippen LogP contribution in [0, 0.1) is 0 Å². The summed E-state index contributed by atoms with van der Waals surface area (Å²) in [5.74, 6) is 0.109. The zero-order chi connectivity index (χ0) is 20.0. The van der Waals surface area contributed by atoms with Gasteiger partial charge >= 0.3 is 0 Å². The third-order valence-corrected chi connectivity index (χ3v) is 5.75. The molecule has 7 nitrogen and oxygen atoms in total. The monoisotopic (exact) mass is 415 g/mol. The number of anilines is 1. The van der Waals surface area contributed by atoms with Crippen molar-refractivity contribution in [1.29, 1.82) is 0 Å². The number of nitrogens with one attached hydrogen (secondary N) is 2. The smallest absolute Gasteiger partial charge is 0.271 e. The Morgan fingerprint density at radius 2 is 1.93 bits per heavy atom. The van der Waals surface area contributed by atoms with Gasteiger partial charge in [0.25, 0.3) is 15.9 Å². The first kappa shape index (κ1) is 19.6. The van der Waals surface area contributed by atoms with Crippen molar-refractivity contribution in [2.24, 2.45) is 5.10 Å². The molecule has 1 amide bonds. The highest BCUT2D eigenvalue weighted by Crippen LogP contribution is 2.20. The lowest BCUT2D eigenvalue weighted by molar-refractivity contribution is 0.0955. The molecular formula is C19H17N3O4S2. The van der Waals surface area contributed by atoms with Crippen LogP contribution in [0.3, 0.4) is 0 Å². The summed E-state index contributed by atoms with van der Waals surface area (Å²) in [6, 6.07) is 14.1. The van der Waals surface area contributed by atoms with Crippen LogP contribution < -0.4 is 14.9 Å². The Bertz CT molecular complexity index is 1080. The highest BCUT2D eigenvalue weighted by atomic mass is 32.2. The van der Waals surface area contributed by atoms with Gasteiger partial charge in [0.2, 0.25) is 0 Å². The summed E-state index contributed by atoms with van der Waals surface area (Å²) < 4.78 is 32.7. The molecule has 3 rings (SSSR count). The van der Waals surface area contributed by atoms with Crippen LogP contribution in [0.4, 0.5) is 5.69 Å². The van der Waals surface area contributed by atoms with E-state index in [1.807, 2.05) is 16.8 Å². The zero-order valence-electron chi connectivity index (χ0n) is 14.8. The SMILES string of the molecule is COc1ccc(NS(=O)(=O)c2cccc(C(=O)N/N=C/c3ccsc3)c2)cc1. The van der Waals surface area contributed by atoms with Gasteiger partial charge in [-0.3, -0.25) is 9.52 Å². The molecule has 0 aliphatic heterocycles. The van der Waals surface area contributed by atoms with Crippen LogP contribution in [0.1, 0.15) is 15.9 Å². The number of carbonyl (C=O) groups is 1. The largest absolute Gasteiger partial charge is 0.497 e. The van der Waals surface area contributed by atoms with Crippen molar-refractivity contribution in [2.75, 3.05) is 11.8 Å². The number of hydrogen-bond donors (Lipinski definition) is 2. The first-order chi connectivity index (χ1) is 13.5. The average Bonchev–Trinajstić information content (AvgIpc) is 3.22. The third-order valence-electron chi connectivity index (χ3n) is 3.67. The summed E-state index contributed by atoms with van der Waals surface area (Å²) in [6.45, 7) is 0. The Morgan fingerprint density at radius 3 is 2.61 bits per heavy atom. The molecule has 2 N–H and O–H groups in total. The molecule has 9 heteroatoms. The maximum absolute atomic E-state index is 12.6. The van der Waals surface area contributed by atoms with E-state index in [4.69, 9.17) is 4.74 Å². The quantitative estimate of drug-likeness (QED) is 0.457. The minimum absolute atomic E-state index is 0.0298. The molecule has 0 atom stereocenters. The summed E-state index contributed by atoms with van der Waals surface area (Å²) in [5, 5.41) is 7.65. The second-order valence-corrected chi connectivity index (χ2v) is 8.08. The van der Waals surface area contributed by atoms with Gasteiger partial charge < -0.3 is 4.74 Å². The lowest BCUT2D eigenvalue weighted by Crippen LogP contribution is -2.19. The predicted octanol–water partition coefficient (Wildman–Crippen LogP) is 3.32. The van der Waals surface area contributed by atoms with E-state index < -0.39 is 15.9 Å². The van der Waals surface area contributed by atoms with Crippen LogP contribution in [0.15, 0.2) is 75.4 Å². The van der Waals surface area contributed by atoms with E-state index in [2.05, 4.69) is 15.2 Å². The number of methoxy groups -OCH3 is 1. The lowest BCUT2D eigenvalue weighted by Gasteiger charge is -2.09.